The van der Waals surface area contributed by atoms with Crippen LogP contribution >= 0.6 is 0 Å². The van der Waals surface area contributed by atoms with Crippen molar-refractivity contribution in [3.63, 3.8) is 0 Å². The van der Waals surface area contributed by atoms with Gasteiger partial charge in [0.25, 0.3) is 0 Å². The summed E-state index contributed by atoms with van der Waals surface area (Å²) in [6.07, 6.45) is 8.73. The highest BCUT2D eigenvalue weighted by molar-refractivity contribution is 5.17. The first-order valence-electron chi connectivity index (χ1n) is 4.73. The van der Waals surface area contributed by atoms with Gasteiger partial charge in [-0.25, -0.2) is 0 Å². The van der Waals surface area contributed by atoms with Gasteiger partial charge in [0.1, 0.15) is 0 Å². The van der Waals surface area contributed by atoms with E-state index in [4.69, 9.17) is 0 Å². The Labute approximate surface area is 76.6 Å². The van der Waals surface area contributed by atoms with Crippen LogP contribution in [0.15, 0.2) is 23.9 Å². The first-order chi connectivity index (χ1) is 5.70. The molecule has 0 radical (unpaired) electrons. The van der Waals surface area contributed by atoms with Gasteiger partial charge < -0.3 is 5.32 Å². The number of allylic oxidation sites excluding steroid dienone is 3. The third-order valence-electron chi connectivity index (χ3n) is 1.72. The molecular weight excluding hydrogens is 146 g/mol. The minimum atomic E-state index is 0.759. The summed E-state index contributed by atoms with van der Waals surface area (Å²) in [6.45, 7) is 6.67. The summed E-state index contributed by atoms with van der Waals surface area (Å²) in [4.78, 5) is 0. The number of rotatable bonds is 5. The first kappa shape index (κ1) is 11.3. The lowest BCUT2D eigenvalue weighted by Crippen LogP contribution is -1.92. The third-order valence-corrected chi connectivity index (χ3v) is 1.72. The minimum Gasteiger partial charge on any atom is -0.394 e. The maximum atomic E-state index is 3.00. The van der Waals surface area contributed by atoms with Crippen molar-refractivity contribution in [3.05, 3.63) is 23.9 Å². The zero-order chi connectivity index (χ0) is 9.40. The topological polar surface area (TPSA) is 12.0 Å². The monoisotopic (exact) mass is 167 g/mol. The molecule has 0 fully saturated rings. The molecule has 12 heavy (non-hydrogen) atoms. The summed E-state index contributed by atoms with van der Waals surface area (Å²) in [6, 6.07) is 0. The van der Waals surface area contributed by atoms with Crippen LogP contribution in [0.1, 0.15) is 33.6 Å². The van der Waals surface area contributed by atoms with E-state index in [0.29, 0.717) is 0 Å². The lowest BCUT2D eigenvalue weighted by molar-refractivity contribution is 0.661. The van der Waals surface area contributed by atoms with Crippen LogP contribution in [-0.2, 0) is 0 Å². The molecule has 0 heterocycles. The predicted molar refractivity (Wildman–Crippen MR) is 56.0 cm³/mol. The summed E-state index contributed by atoms with van der Waals surface area (Å²) in [5.41, 5.74) is 1.41. The Morgan fingerprint density at radius 1 is 1.42 bits per heavy atom. The Bertz CT molecular complexity index is 154. The van der Waals surface area contributed by atoms with Crippen LogP contribution in [0.3, 0.4) is 0 Å². The zero-order valence-corrected chi connectivity index (χ0v) is 8.72. The van der Waals surface area contributed by atoms with Crippen LogP contribution in [0.4, 0.5) is 0 Å². The van der Waals surface area contributed by atoms with Crippen molar-refractivity contribution in [2.45, 2.75) is 33.6 Å². The fourth-order valence-corrected chi connectivity index (χ4v) is 0.908. The fraction of sp³-hybridized carbons (Fsp3) is 0.636. The summed E-state index contributed by atoms with van der Waals surface area (Å²) in [7, 11) is 1.92. The Morgan fingerprint density at radius 2 is 2.08 bits per heavy atom. The van der Waals surface area contributed by atoms with Crippen LogP contribution < -0.4 is 5.32 Å². The van der Waals surface area contributed by atoms with E-state index in [1.165, 1.54) is 12.0 Å². The quantitative estimate of drug-likeness (QED) is 0.620. The second kappa shape index (κ2) is 6.96. The van der Waals surface area contributed by atoms with Gasteiger partial charge in [-0.3, -0.25) is 0 Å². The van der Waals surface area contributed by atoms with Crippen LogP contribution in [0.2, 0.25) is 0 Å². The van der Waals surface area contributed by atoms with Gasteiger partial charge in [0.15, 0.2) is 0 Å². The minimum absolute atomic E-state index is 0.759. The molecule has 70 valence electrons. The number of hydrogen-bond donors (Lipinski definition) is 1. The summed E-state index contributed by atoms with van der Waals surface area (Å²) < 4.78 is 0. The van der Waals surface area contributed by atoms with Gasteiger partial charge in [-0.2, -0.15) is 0 Å². The molecule has 0 saturated carbocycles. The van der Waals surface area contributed by atoms with Crippen molar-refractivity contribution >= 4 is 0 Å². The van der Waals surface area contributed by atoms with E-state index in [9.17, 15) is 0 Å². The molecular formula is C11H21N. The lowest BCUT2D eigenvalue weighted by atomic mass is 10.1. The van der Waals surface area contributed by atoms with E-state index in [0.717, 1.165) is 12.3 Å². The summed E-state index contributed by atoms with van der Waals surface area (Å²) in [5.74, 6) is 0.759. The largest absolute Gasteiger partial charge is 0.394 e. The molecule has 0 aromatic carbocycles. The molecule has 1 nitrogen and oxygen atoms in total. The van der Waals surface area contributed by atoms with Crippen LogP contribution in [0, 0.1) is 5.92 Å². The standard InChI is InChI=1S/C11H21N/c1-5-11(8-9-12-4)7-6-10(2)3/h7-10,12H,5-6H2,1-4H3/b9-8-,11-7+. The van der Waals surface area contributed by atoms with Crippen LogP contribution in [-0.4, -0.2) is 7.05 Å². The normalized spacial score (nSPS) is 12.9. The Morgan fingerprint density at radius 3 is 2.50 bits per heavy atom. The highest BCUT2D eigenvalue weighted by atomic mass is 14.8. The molecule has 0 aliphatic rings. The average molecular weight is 167 g/mol. The van der Waals surface area contributed by atoms with Gasteiger partial charge in [0.05, 0.1) is 0 Å². The molecule has 0 spiro atoms. The maximum Gasteiger partial charge on any atom is 0.00277 e. The van der Waals surface area contributed by atoms with Crippen LogP contribution in [0.25, 0.3) is 0 Å². The highest BCUT2D eigenvalue weighted by Gasteiger charge is 1.91. The Balaban J connectivity index is 3.95. The molecule has 0 aliphatic carbocycles. The van der Waals surface area contributed by atoms with E-state index in [1.54, 1.807) is 0 Å². The van der Waals surface area contributed by atoms with Gasteiger partial charge in [0, 0.05) is 7.05 Å². The van der Waals surface area contributed by atoms with Gasteiger partial charge in [-0.1, -0.05) is 32.4 Å². The van der Waals surface area contributed by atoms with E-state index in [1.807, 2.05) is 13.2 Å². The highest BCUT2D eigenvalue weighted by Crippen LogP contribution is 2.08. The summed E-state index contributed by atoms with van der Waals surface area (Å²) >= 11 is 0. The Kier molecular flexibility index (Phi) is 6.54. The van der Waals surface area contributed by atoms with Crippen molar-refractivity contribution < 1.29 is 0 Å². The fourth-order valence-electron chi connectivity index (χ4n) is 0.908. The molecule has 0 aliphatic heterocycles. The van der Waals surface area contributed by atoms with Crippen molar-refractivity contribution in [3.8, 4) is 0 Å². The van der Waals surface area contributed by atoms with Crippen molar-refractivity contribution in [1.82, 2.24) is 5.32 Å². The Hall–Kier alpha value is -0.720. The van der Waals surface area contributed by atoms with Crippen molar-refractivity contribution in [2.75, 3.05) is 7.05 Å². The molecule has 1 N–H and O–H groups in total. The van der Waals surface area contributed by atoms with Gasteiger partial charge in [-0.05, 0) is 31.0 Å². The molecule has 0 saturated heterocycles. The average Bonchev–Trinajstić information content (AvgIpc) is 2.05. The van der Waals surface area contributed by atoms with Gasteiger partial charge in [-0.15, -0.1) is 0 Å². The van der Waals surface area contributed by atoms with Crippen molar-refractivity contribution in [1.29, 1.82) is 0 Å². The van der Waals surface area contributed by atoms with Gasteiger partial charge >= 0.3 is 0 Å². The number of hydrogen-bond acceptors (Lipinski definition) is 1. The third kappa shape index (κ3) is 6.02. The SMILES string of the molecule is CCC(/C=C\NC)=C\CC(C)C. The molecule has 0 aromatic rings. The van der Waals surface area contributed by atoms with E-state index >= 15 is 0 Å². The molecule has 0 unspecified atom stereocenters. The van der Waals surface area contributed by atoms with Crippen LogP contribution in [0.5, 0.6) is 0 Å². The zero-order valence-electron chi connectivity index (χ0n) is 8.72. The first-order valence-corrected chi connectivity index (χ1v) is 4.73. The molecule has 0 bridgehead atoms. The molecule has 0 aromatic heterocycles. The van der Waals surface area contributed by atoms with E-state index < -0.39 is 0 Å². The second-order valence-corrected chi connectivity index (χ2v) is 3.38. The summed E-state index contributed by atoms with van der Waals surface area (Å²) in [5, 5.41) is 3.00. The predicted octanol–water partition coefficient (Wildman–Crippen LogP) is 3.10. The smallest absolute Gasteiger partial charge is 0.00277 e. The lowest BCUT2D eigenvalue weighted by Gasteiger charge is -2.01. The molecule has 1 heteroatoms. The van der Waals surface area contributed by atoms with E-state index in [-0.39, 0.29) is 0 Å². The second-order valence-electron chi connectivity index (χ2n) is 3.38. The molecule has 0 rings (SSSR count). The number of nitrogens with one attached hydrogen (secondary N) is 1. The molecule has 0 atom stereocenters. The van der Waals surface area contributed by atoms with E-state index in [2.05, 4.69) is 38.2 Å². The molecule has 0 amide bonds. The maximum absolute atomic E-state index is 3.00. The van der Waals surface area contributed by atoms with Crippen molar-refractivity contribution in [2.24, 2.45) is 5.92 Å². The van der Waals surface area contributed by atoms with Gasteiger partial charge in [0.2, 0.25) is 0 Å².